The predicted molar refractivity (Wildman–Crippen MR) is 65.3 cm³/mol. The quantitative estimate of drug-likeness (QED) is 0.715. The number of aromatic amines is 1. The van der Waals surface area contributed by atoms with Crippen LogP contribution in [-0.4, -0.2) is 30.8 Å². The Hall–Kier alpha value is -2.63. The lowest BCUT2D eigenvalue weighted by atomic mass is 10.1. The monoisotopic (exact) mass is 242 g/mol. The van der Waals surface area contributed by atoms with Crippen LogP contribution in [-0.2, 0) is 7.05 Å². The minimum atomic E-state index is -0.991. The van der Waals surface area contributed by atoms with Crippen LogP contribution in [0.1, 0.15) is 10.5 Å². The SMILES string of the molecule is Cn1nc(-c2c[nH]c3ncccc23)cc1C(=O)O. The van der Waals surface area contributed by atoms with Crippen molar-refractivity contribution in [3.8, 4) is 11.3 Å². The molecule has 0 saturated carbocycles. The molecule has 90 valence electrons. The highest BCUT2D eigenvalue weighted by Gasteiger charge is 2.15. The highest BCUT2D eigenvalue weighted by atomic mass is 16.4. The molecule has 0 spiro atoms. The van der Waals surface area contributed by atoms with Crippen molar-refractivity contribution in [1.82, 2.24) is 19.7 Å². The molecule has 0 bridgehead atoms. The van der Waals surface area contributed by atoms with Gasteiger partial charge in [0, 0.05) is 30.4 Å². The van der Waals surface area contributed by atoms with Crippen molar-refractivity contribution >= 4 is 17.0 Å². The van der Waals surface area contributed by atoms with Crippen LogP contribution in [0.15, 0.2) is 30.6 Å². The third-order valence-corrected chi connectivity index (χ3v) is 2.83. The number of fused-ring (bicyclic) bond motifs is 1. The van der Waals surface area contributed by atoms with Crippen LogP contribution in [0.25, 0.3) is 22.3 Å². The smallest absolute Gasteiger partial charge is 0.354 e. The van der Waals surface area contributed by atoms with Gasteiger partial charge >= 0.3 is 5.97 Å². The summed E-state index contributed by atoms with van der Waals surface area (Å²) in [5.74, 6) is -0.991. The number of aromatic carboxylic acids is 1. The van der Waals surface area contributed by atoms with Gasteiger partial charge in [-0.3, -0.25) is 4.68 Å². The minimum absolute atomic E-state index is 0.156. The molecule has 0 atom stereocenters. The number of rotatable bonds is 2. The van der Waals surface area contributed by atoms with E-state index < -0.39 is 5.97 Å². The van der Waals surface area contributed by atoms with Crippen molar-refractivity contribution in [3.63, 3.8) is 0 Å². The molecule has 2 N–H and O–H groups in total. The summed E-state index contributed by atoms with van der Waals surface area (Å²) in [6.07, 6.45) is 3.48. The zero-order valence-electron chi connectivity index (χ0n) is 9.58. The van der Waals surface area contributed by atoms with Gasteiger partial charge in [-0.05, 0) is 18.2 Å². The van der Waals surface area contributed by atoms with Crippen LogP contribution >= 0.6 is 0 Å². The van der Waals surface area contributed by atoms with Gasteiger partial charge in [-0.25, -0.2) is 9.78 Å². The van der Waals surface area contributed by atoms with Crippen LogP contribution in [0.2, 0.25) is 0 Å². The number of carboxylic acid groups (broad SMARTS) is 1. The number of carboxylic acids is 1. The molecule has 0 saturated heterocycles. The van der Waals surface area contributed by atoms with Gasteiger partial charge in [0.25, 0.3) is 0 Å². The maximum absolute atomic E-state index is 11.0. The van der Waals surface area contributed by atoms with E-state index in [2.05, 4.69) is 15.1 Å². The first-order chi connectivity index (χ1) is 8.66. The second-order valence-electron chi connectivity index (χ2n) is 3.95. The largest absolute Gasteiger partial charge is 0.477 e. The van der Waals surface area contributed by atoms with Gasteiger partial charge in [-0.15, -0.1) is 0 Å². The molecule has 6 nitrogen and oxygen atoms in total. The molecule has 3 aromatic rings. The average Bonchev–Trinajstić information content (AvgIpc) is 2.92. The van der Waals surface area contributed by atoms with Gasteiger partial charge < -0.3 is 10.1 Å². The molecule has 3 heterocycles. The van der Waals surface area contributed by atoms with Crippen molar-refractivity contribution in [2.24, 2.45) is 7.05 Å². The molecule has 0 fully saturated rings. The van der Waals surface area contributed by atoms with E-state index >= 15 is 0 Å². The number of nitrogens with zero attached hydrogens (tertiary/aromatic N) is 3. The summed E-state index contributed by atoms with van der Waals surface area (Å²) < 4.78 is 1.35. The minimum Gasteiger partial charge on any atom is -0.477 e. The maximum Gasteiger partial charge on any atom is 0.354 e. The highest BCUT2D eigenvalue weighted by Crippen LogP contribution is 2.26. The number of pyridine rings is 1. The fourth-order valence-electron chi connectivity index (χ4n) is 1.97. The molecular weight excluding hydrogens is 232 g/mol. The summed E-state index contributed by atoms with van der Waals surface area (Å²) >= 11 is 0. The number of hydrogen-bond donors (Lipinski definition) is 2. The molecule has 0 aliphatic carbocycles. The molecule has 0 unspecified atom stereocenters. The number of hydrogen-bond acceptors (Lipinski definition) is 3. The molecule has 3 rings (SSSR count). The summed E-state index contributed by atoms with van der Waals surface area (Å²) in [6.45, 7) is 0. The lowest BCUT2D eigenvalue weighted by molar-refractivity contribution is 0.0685. The molecule has 0 amide bonds. The summed E-state index contributed by atoms with van der Waals surface area (Å²) in [4.78, 5) is 18.2. The molecule has 0 aliphatic heterocycles. The first-order valence-electron chi connectivity index (χ1n) is 5.36. The molecule has 6 heteroatoms. The van der Waals surface area contributed by atoms with E-state index in [0.717, 1.165) is 16.6 Å². The van der Waals surface area contributed by atoms with E-state index in [4.69, 9.17) is 5.11 Å². The highest BCUT2D eigenvalue weighted by molar-refractivity contribution is 5.94. The number of H-pyrrole nitrogens is 1. The molecule has 0 aromatic carbocycles. The maximum atomic E-state index is 11.0. The molecule has 3 aromatic heterocycles. The third-order valence-electron chi connectivity index (χ3n) is 2.83. The van der Waals surface area contributed by atoms with Crippen LogP contribution in [0.3, 0.4) is 0 Å². The van der Waals surface area contributed by atoms with E-state index in [1.165, 1.54) is 4.68 Å². The normalized spacial score (nSPS) is 10.9. The zero-order valence-corrected chi connectivity index (χ0v) is 9.58. The van der Waals surface area contributed by atoms with Crippen molar-refractivity contribution in [1.29, 1.82) is 0 Å². The predicted octanol–water partition coefficient (Wildman–Crippen LogP) is 1.66. The topological polar surface area (TPSA) is 83.8 Å². The summed E-state index contributed by atoms with van der Waals surface area (Å²) in [5, 5.41) is 14.1. The Labute approximate surface area is 102 Å². The first kappa shape index (κ1) is 10.5. The van der Waals surface area contributed by atoms with Crippen LogP contribution in [0.5, 0.6) is 0 Å². The van der Waals surface area contributed by atoms with Crippen molar-refractivity contribution in [2.75, 3.05) is 0 Å². The van der Waals surface area contributed by atoms with Gasteiger partial charge in [0.1, 0.15) is 11.3 Å². The Kier molecular flexibility index (Phi) is 2.16. The van der Waals surface area contributed by atoms with E-state index in [0.29, 0.717) is 5.69 Å². The second-order valence-corrected chi connectivity index (χ2v) is 3.95. The number of nitrogens with one attached hydrogen (secondary N) is 1. The van der Waals surface area contributed by atoms with Crippen molar-refractivity contribution in [2.45, 2.75) is 0 Å². The van der Waals surface area contributed by atoms with E-state index in [1.54, 1.807) is 25.5 Å². The third kappa shape index (κ3) is 1.46. The van der Waals surface area contributed by atoms with Crippen LogP contribution in [0.4, 0.5) is 0 Å². The lowest BCUT2D eigenvalue weighted by Gasteiger charge is -1.93. The second kappa shape index (κ2) is 3.69. The van der Waals surface area contributed by atoms with Gasteiger partial charge in [0.05, 0.1) is 5.69 Å². The Bertz CT molecular complexity index is 741. The van der Waals surface area contributed by atoms with E-state index in [-0.39, 0.29) is 5.69 Å². The summed E-state index contributed by atoms with van der Waals surface area (Å²) in [7, 11) is 1.61. The fourth-order valence-corrected chi connectivity index (χ4v) is 1.97. The fraction of sp³-hybridized carbons (Fsp3) is 0.0833. The van der Waals surface area contributed by atoms with E-state index in [1.807, 2.05) is 12.1 Å². The Balaban J connectivity index is 2.20. The van der Waals surface area contributed by atoms with Gasteiger partial charge in [0.2, 0.25) is 0 Å². The lowest BCUT2D eigenvalue weighted by Crippen LogP contribution is -2.04. The van der Waals surface area contributed by atoms with Crippen molar-refractivity contribution in [3.05, 3.63) is 36.3 Å². The van der Waals surface area contributed by atoms with Crippen LogP contribution in [0, 0.1) is 0 Å². The Morgan fingerprint density at radius 2 is 2.33 bits per heavy atom. The van der Waals surface area contributed by atoms with Gasteiger partial charge in [-0.2, -0.15) is 5.10 Å². The zero-order chi connectivity index (χ0) is 12.7. The van der Waals surface area contributed by atoms with E-state index in [9.17, 15) is 4.79 Å². The Morgan fingerprint density at radius 1 is 1.50 bits per heavy atom. The van der Waals surface area contributed by atoms with Crippen molar-refractivity contribution < 1.29 is 9.90 Å². The number of aromatic nitrogens is 4. The molecular formula is C12H10N4O2. The Morgan fingerprint density at radius 3 is 3.06 bits per heavy atom. The summed E-state index contributed by atoms with van der Waals surface area (Å²) in [5.41, 5.74) is 2.38. The standard InChI is InChI=1S/C12H10N4O2/c1-16-10(12(17)18)5-9(15-16)8-6-14-11-7(8)3-2-4-13-11/h2-6H,1H3,(H,13,14)(H,17,18). The van der Waals surface area contributed by atoms with Crippen LogP contribution < -0.4 is 0 Å². The van der Waals surface area contributed by atoms with Gasteiger partial charge in [-0.1, -0.05) is 0 Å². The molecule has 18 heavy (non-hydrogen) atoms. The van der Waals surface area contributed by atoms with Gasteiger partial charge in [0.15, 0.2) is 0 Å². The summed E-state index contributed by atoms with van der Waals surface area (Å²) in [6, 6.07) is 5.31. The molecule has 0 radical (unpaired) electrons. The number of aryl methyl sites for hydroxylation is 1. The number of carbonyl (C=O) groups is 1. The molecule has 0 aliphatic rings. The average molecular weight is 242 g/mol. The first-order valence-corrected chi connectivity index (χ1v) is 5.36.